The van der Waals surface area contributed by atoms with E-state index in [1.807, 2.05) is 19.4 Å². The van der Waals surface area contributed by atoms with Crippen LogP contribution in [0.4, 0.5) is 0 Å². The maximum atomic E-state index is 5.91. The van der Waals surface area contributed by atoms with E-state index in [1.165, 1.54) is 18.4 Å². The molecular weight excluding hydrogens is 238 g/mol. The Labute approximate surface area is 115 Å². The van der Waals surface area contributed by atoms with Gasteiger partial charge in [0.2, 0.25) is 0 Å². The summed E-state index contributed by atoms with van der Waals surface area (Å²) in [5.41, 5.74) is 4.02. The minimum absolute atomic E-state index is 0.129. The van der Waals surface area contributed by atoms with Crippen LogP contribution in [0.5, 0.6) is 0 Å². The Balaban J connectivity index is 2.14. The molecule has 0 aliphatic heterocycles. The summed E-state index contributed by atoms with van der Waals surface area (Å²) in [5.74, 6) is 6.50. The zero-order valence-electron chi connectivity index (χ0n) is 11.9. The molecule has 0 amide bonds. The summed E-state index contributed by atoms with van der Waals surface area (Å²) in [4.78, 5) is 4.17. The van der Waals surface area contributed by atoms with Crippen molar-refractivity contribution in [1.29, 1.82) is 0 Å². The van der Waals surface area contributed by atoms with E-state index in [9.17, 15) is 0 Å². The van der Waals surface area contributed by atoms with Gasteiger partial charge in [-0.05, 0) is 36.8 Å². The van der Waals surface area contributed by atoms with Gasteiger partial charge < -0.3 is 4.74 Å². The number of hydrogen-bond acceptors (Lipinski definition) is 4. The van der Waals surface area contributed by atoms with Crippen LogP contribution in [0.1, 0.15) is 38.2 Å². The van der Waals surface area contributed by atoms with Gasteiger partial charge in [-0.2, -0.15) is 0 Å². The molecular formula is C15H25N3O. The molecule has 3 unspecified atom stereocenters. The SMILES string of the molecule is COC1(C(Cc2cccnc2)NN)CCCC(C)C1. The fourth-order valence-corrected chi connectivity index (χ4v) is 3.34. The van der Waals surface area contributed by atoms with Crippen LogP contribution in [-0.4, -0.2) is 23.7 Å². The Morgan fingerprint density at radius 3 is 3.05 bits per heavy atom. The quantitative estimate of drug-likeness (QED) is 0.630. The highest BCUT2D eigenvalue weighted by atomic mass is 16.5. The molecule has 19 heavy (non-hydrogen) atoms. The predicted octanol–water partition coefficient (Wildman–Crippen LogP) is 2.05. The molecule has 106 valence electrons. The third kappa shape index (κ3) is 3.32. The van der Waals surface area contributed by atoms with E-state index in [0.29, 0.717) is 5.92 Å². The van der Waals surface area contributed by atoms with Gasteiger partial charge in [0.15, 0.2) is 0 Å². The van der Waals surface area contributed by atoms with Gasteiger partial charge in [-0.25, -0.2) is 0 Å². The molecule has 1 heterocycles. The van der Waals surface area contributed by atoms with Gasteiger partial charge in [-0.15, -0.1) is 0 Å². The number of nitrogens with zero attached hydrogens (tertiary/aromatic N) is 1. The number of nitrogens with one attached hydrogen (secondary N) is 1. The molecule has 0 saturated heterocycles. The first-order chi connectivity index (χ1) is 9.20. The first-order valence-corrected chi connectivity index (χ1v) is 7.10. The summed E-state index contributed by atoms with van der Waals surface area (Å²) in [6.45, 7) is 2.30. The summed E-state index contributed by atoms with van der Waals surface area (Å²) in [5, 5.41) is 0. The second-order valence-corrected chi connectivity index (χ2v) is 5.76. The molecule has 0 radical (unpaired) electrons. The topological polar surface area (TPSA) is 60.2 Å². The van der Waals surface area contributed by atoms with Crippen molar-refractivity contribution in [3.8, 4) is 0 Å². The van der Waals surface area contributed by atoms with Gasteiger partial charge in [0.05, 0.1) is 11.6 Å². The number of hydrazine groups is 1. The zero-order valence-corrected chi connectivity index (χ0v) is 11.9. The first kappa shape index (κ1) is 14.4. The van der Waals surface area contributed by atoms with Crippen LogP contribution >= 0.6 is 0 Å². The lowest BCUT2D eigenvalue weighted by Crippen LogP contribution is -2.57. The van der Waals surface area contributed by atoms with Crippen molar-refractivity contribution in [3.05, 3.63) is 30.1 Å². The standard InChI is InChI=1S/C15H25N3O/c1-12-5-3-7-15(10-12,19-2)14(18-16)9-13-6-4-8-17-11-13/h4,6,8,11-12,14,18H,3,5,7,9-10,16H2,1-2H3. The highest BCUT2D eigenvalue weighted by molar-refractivity contribution is 5.13. The van der Waals surface area contributed by atoms with Gasteiger partial charge in [0.1, 0.15) is 0 Å². The van der Waals surface area contributed by atoms with Gasteiger partial charge in [0, 0.05) is 19.5 Å². The highest BCUT2D eigenvalue weighted by Crippen LogP contribution is 2.38. The van der Waals surface area contributed by atoms with Gasteiger partial charge >= 0.3 is 0 Å². The summed E-state index contributed by atoms with van der Waals surface area (Å²) < 4.78 is 5.91. The lowest BCUT2D eigenvalue weighted by atomic mass is 9.73. The lowest BCUT2D eigenvalue weighted by Gasteiger charge is -2.44. The van der Waals surface area contributed by atoms with Crippen LogP contribution in [0.25, 0.3) is 0 Å². The number of nitrogens with two attached hydrogens (primary N) is 1. The maximum absolute atomic E-state index is 5.91. The number of rotatable bonds is 5. The van der Waals surface area contributed by atoms with Gasteiger partial charge in [-0.1, -0.05) is 25.8 Å². The smallest absolute Gasteiger partial charge is 0.0850 e. The van der Waals surface area contributed by atoms with Crippen molar-refractivity contribution in [2.45, 2.75) is 50.7 Å². The molecule has 0 bridgehead atoms. The van der Waals surface area contributed by atoms with Crippen molar-refractivity contribution < 1.29 is 4.74 Å². The summed E-state index contributed by atoms with van der Waals surface area (Å²) >= 11 is 0. The van der Waals surface area contributed by atoms with Crippen LogP contribution < -0.4 is 11.3 Å². The van der Waals surface area contributed by atoms with E-state index in [-0.39, 0.29) is 11.6 Å². The van der Waals surface area contributed by atoms with E-state index < -0.39 is 0 Å². The molecule has 4 heteroatoms. The number of hydrogen-bond donors (Lipinski definition) is 2. The summed E-state index contributed by atoms with van der Waals surface area (Å²) in [7, 11) is 1.81. The molecule has 0 aromatic carbocycles. The van der Waals surface area contributed by atoms with E-state index >= 15 is 0 Å². The second-order valence-electron chi connectivity index (χ2n) is 5.76. The fraction of sp³-hybridized carbons (Fsp3) is 0.667. The number of methoxy groups -OCH3 is 1. The van der Waals surface area contributed by atoms with Crippen LogP contribution in [0.15, 0.2) is 24.5 Å². The van der Waals surface area contributed by atoms with Crippen molar-refractivity contribution in [1.82, 2.24) is 10.4 Å². The first-order valence-electron chi connectivity index (χ1n) is 7.10. The molecule has 4 nitrogen and oxygen atoms in total. The van der Waals surface area contributed by atoms with Crippen LogP contribution in [0.3, 0.4) is 0 Å². The van der Waals surface area contributed by atoms with Crippen molar-refractivity contribution in [2.75, 3.05) is 7.11 Å². The average Bonchev–Trinajstić information content (AvgIpc) is 2.45. The van der Waals surface area contributed by atoms with Crippen molar-refractivity contribution in [3.63, 3.8) is 0 Å². The molecule has 1 aliphatic carbocycles. The van der Waals surface area contributed by atoms with Crippen LogP contribution in [0.2, 0.25) is 0 Å². The summed E-state index contributed by atoms with van der Waals surface area (Å²) in [6.07, 6.45) is 9.19. The molecule has 1 aliphatic rings. The molecule has 3 N–H and O–H groups in total. The van der Waals surface area contributed by atoms with Crippen LogP contribution in [0, 0.1) is 5.92 Å². The number of pyridine rings is 1. The third-order valence-corrected chi connectivity index (χ3v) is 4.40. The number of aromatic nitrogens is 1. The van der Waals surface area contributed by atoms with Gasteiger partial charge in [0.25, 0.3) is 0 Å². The van der Waals surface area contributed by atoms with Crippen molar-refractivity contribution >= 4 is 0 Å². The molecule has 3 atom stereocenters. The predicted molar refractivity (Wildman–Crippen MR) is 76.4 cm³/mol. The Kier molecular flexibility index (Phi) is 4.91. The lowest BCUT2D eigenvalue weighted by molar-refractivity contribution is -0.0791. The largest absolute Gasteiger partial charge is 0.377 e. The average molecular weight is 263 g/mol. The Morgan fingerprint density at radius 1 is 1.63 bits per heavy atom. The Hall–Kier alpha value is -0.970. The second kappa shape index (κ2) is 6.46. The zero-order chi connectivity index (χ0) is 13.7. The molecule has 1 aromatic rings. The van der Waals surface area contributed by atoms with E-state index in [0.717, 1.165) is 19.3 Å². The minimum atomic E-state index is -0.151. The van der Waals surface area contributed by atoms with Gasteiger partial charge in [-0.3, -0.25) is 16.3 Å². The summed E-state index contributed by atoms with van der Waals surface area (Å²) in [6, 6.07) is 4.18. The Bertz CT molecular complexity index is 384. The van der Waals surface area contributed by atoms with E-state index in [2.05, 4.69) is 23.4 Å². The molecule has 1 saturated carbocycles. The Morgan fingerprint density at radius 2 is 2.47 bits per heavy atom. The normalized spacial score (nSPS) is 29.1. The fourth-order valence-electron chi connectivity index (χ4n) is 3.34. The molecule has 2 rings (SSSR count). The maximum Gasteiger partial charge on any atom is 0.0850 e. The van der Waals surface area contributed by atoms with Crippen LogP contribution in [-0.2, 0) is 11.2 Å². The highest BCUT2D eigenvalue weighted by Gasteiger charge is 2.41. The third-order valence-electron chi connectivity index (χ3n) is 4.40. The molecule has 0 spiro atoms. The van der Waals surface area contributed by atoms with Crippen molar-refractivity contribution in [2.24, 2.45) is 11.8 Å². The molecule has 1 fully saturated rings. The minimum Gasteiger partial charge on any atom is -0.377 e. The van der Waals surface area contributed by atoms with E-state index in [4.69, 9.17) is 10.6 Å². The monoisotopic (exact) mass is 263 g/mol. The van der Waals surface area contributed by atoms with E-state index in [1.54, 1.807) is 6.20 Å². The number of ether oxygens (including phenoxy) is 1. The molecule has 1 aromatic heterocycles.